The van der Waals surface area contributed by atoms with Crippen LogP contribution < -0.4 is 5.73 Å². The number of hydrogen-bond donors (Lipinski definition) is 1. The lowest BCUT2D eigenvalue weighted by atomic mass is 9.82. The first-order valence-electron chi connectivity index (χ1n) is 8.73. The molecule has 0 aromatic heterocycles. The van der Waals surface area contributed by atoms with E-state index in [9.17, 15) is 4.79 Å². The van der Waals surface area contributed by atoms with Crippen LogP contribution in [0.2, 0.25) is 0 Å². The van der Waals surface area contributed by atoms with E-state index in [0.29, 0.717) is 17.7 Å². The van der Waals surface area contributed by atoms with E-state index in [1.165, 1.54) is 11.1 Å². The summed E-state index contributed by atoms with van der Waals surface area (Å²) in [5, 5.41) is 0. The van der Waals surface area contributed by atoms with Gasteiger partial charge in [-0.3, -0.25) is 4.79 Å². The smallest absolute Gasteiger partial charge is 0.222 e. The summed E-state index contributed by atoms with van der Waals surface area (Å²) in [6, 6.07) is 8.94. The van der Waals surface area contributed by atoms with Gasteiger partial charge in [0, 0.05) is 25.6 Å². The maximum atomic E-state index is 12.5. The Morgan fingerprint density at radius 3 is 2.52 bits per heavy atom. The highest BCUT2D eigenvalue weighted by Crippen LogP contribution is 2.28. The van der Waals surface area contributed by atoms with Crippen LogP contribution in [-0.4, -0.2) is 29.9 Å². The monoisotopic (exact) mass is 336 g/mol. The lowest BCUT2D eigenvalue weighted by Gasteiger charge is -2.35. The first-order chi connectivity index (χ1) is 10.6. The molecular weight excluding hydrogens is 308 g/mol. The van der Waals surface area contributed by atoms with Gasteiger partial charge >= 0.3 is 0 Å². The van der Waals surface area contributed by atoms with Gasteiger partial charge in [-0.1, -0.05) is 24.3 Å². The summed E-state index contributed by atoms with van der Waals surface area (Å²) in [6.45, 7) is 3.88. The Kier molecular flexibility index (Phi) is 6.49. The van der Waals surface area contributed by atoms with Gasteiger partial charge in [-0.15, -0.1) is 12.4 Å². The van der Waals surface area contributed by atoms with Crippen LogP contribution in [0.25, 0.3) is 0 Å². The van der Waals surface area contributed by atoms with E-state index in [-0.39, 0.29) is 18.4 Å². The van der Waals surface area contributed by atoms with Crippen LogP contribution in [0.5, 0.6) is 0 Å². The Balaban J connectivity index is 0.00000192. The molecule has 128 valence electrons. The average molecular weight is 337 g/mol. The van der Waals surface area contributed by atoms with Crippen molar-refractivity contribution in [3.8, 4) is 0 Å². The van der Waals surface area contributed by atoms with Crippen LogP contribution in [0.15, 0.2) is 24.3 Å². The van der Waals surface area contributed by atoms with Gasteiger partial charge in [0.15, 0.2) is 0 Å². The van der Waals surface area contributed by atoms with Crippen molar-refractivity contribution in [1.82, 2.24) is 4.90 Å². The summed E-state index contributed by atoms with van der Waals surface area (Å²) in [7, 11) is 0. The minimum Gasteiger partial charge on any atom is -0.343 e. The highest BCUT2D eigenvalue weighted by molar-refractivity contribution is 5.85. The van der Waals surface area contributed by atoms with Gasteiger partial charge in [0.05, 0.1) is 0 Å². The topological polar surface area (TPSA) is 46.3 Å². The van der Waals surface area contributed by atoms with Crippen molar-refractivity contribution in [1.29, 1.82) is 0 Å². The molecule has 23 heavy (non-hydrogen) atoms. The summed E-state index contributed by atoms with van der Waals surface area (Å²) in [6.07, 6.45) is 6.20. The van der Waals surface area contributed by atoms with Crippen molar-refractivity contribution >= 4 is 18.3 Å². The van der Waals surface area contributed by atoms with Crippen molar-refractivity contribution in [3.63, 3.8) is 0 Å². The number of benzene rings is 1. The Hall–Kier alpha value is -1.06. The molecule has 3 nitrogen and oxygen atoms in total. The predicted octanol–water partition coefficient (Wildman–Crippen LogP) is 3.19. The number of carbonyl (C=O) groups is 1. The van der Waals surface area contributed by atoms with E-state index in [2.05, 4.69) is 36.1 Å². The number of rotatable bonds is 3. The van der Waals surface area contributed by atoms with Crippen LogP contribution >= 0.6 is 12.4 Å². The molecule has 3 rings (SSSR count). The molecule has 2 atom stereocenters. The molecule has 0 spiro atoms. The standard InChI is InChI=1S/C19H28N2O.ClH/c1-14(20)16-8-10-21(11-9-16)19(22)13-15-6-7-17-4-2-3-5-18(17)12-15;/h2-5,14-16H,6-13,20H2,1H3;1H. The summed E-state index contributed by atoms with van der Waals surface area (Å²) >= 11 is 0. The van der Waals surface area contributed by atoms with E-state index in [1.54, 1.807) is 0 Å². The van der Waals surface area contributed by atoms with Crippen molar-refractivity contribution in [2.45, 2.75) is 51.5 Å². The number of piperidine rings is 1. The van der Waals surface area contributed by atoms with E-state index in [4.69, 9.17) is 5.73 Å². The highest BCUT2D eigenvalue weighted by atomic mass is 35.5. The summed E-state index contributed by atoms with van der Waals surface area (Å²) in [5.41, 5.74) is 8.90. The maximum absolute atomic E-state index is 12.5. The fraction of sp³-hybridized carbons (Fsp3) is 0.632. The van der Waals surface area contributed by atoms with Crippen molar-refractivity contribution < 1.29 is 4.79 Å². The van der Waals surface area contributed by atoms with Crippen LogP contribution in [-0.2, 0) is 17.6 Å². The third-order valence-electron chi connectivity index (χ3n) is 5.55. The Bertz CT molecular complexity index is 524. The van der Waals surface area contributed by atoms with Crippen LogP contribution in [0.4, 0.5) is 0 Å². The molecule has 1 saturated heterocycles. The molecule has 0 radical (unpaired) electrons. The molecule has 1 aliphatic carbocycles. The third-order valence-corrected chi connectivity index (χ3v) is 5.55. The first-order valence-corrected chi connectivity index (χ1v) is 8.73. The number of nitrogens with zero attached hydrogens (tertiary/aromatic N) is 1. The predicted molar refractivity (Wildman–Crippen MR) is 96.8 cm³/mol. The van der Waals surface area contributed by atoms with Gasteiger partial charge in [0.2, 0.25) is 5.91 Å². The van der Waals surface area contributed by atoms with E-state index in [0.717, 1.165) is 51.6 Å². The molecule has 1 aromatic carbocycles. The molecule has 2 aliphatic rings. The van der Waals surface area contributed by atoms with E-state index >= 15 is 0 Å². The SMILES string of the molecule is CC(N)C1CCN(C(=O)CC2CCc3ccccc3C2)CC1.Cl. The minimum absolute atomic E-state index is 0. The third kappa shape index (κ3) is 4.48. The van der Waals surface area contributed by atoms with Crippen molar-refractivity contribution in [2.24, 2.45) is 17.6 Å². The van der Waals surface area contributed by atoms with Crippen LogP contribution in [0.3, 0.4) is 0 Å². The molecule has 1 heterocycles. The van der Waals surface area contributed by atoms with Gasteiger partial charge in [-0.2, -0.15) is 0 Å². The molecule has 0 bridgehead atoms. The second-order valence-electron chi connectivity index (χ2n) is 7.16. The molecule has 2 N–H and O–H groups in total. The number of likely N-dealkylation sites (tertiary alicyclic amines) is 1. The number of fused-ring (bicyclic) bond motifs is 1. The number of amides is 1. The molecule has 1 amide bonds. The largest absolute Gasteiger partial charge is 0.343 e. The fourth-order valence-electron chi connectivity index (χ4n) is 4.00. The molecule has 1 aromatic rings. The lowest BCUT2D eigenvalue weighted by molar-refractivity contribution is -0.133. The second kappa shape index (κ2) is 8.16. The summed E-state index contributed by atoms with van der Waals surface area (Å²) in [4.78, 5) is 14.6. The lowest BCUT2D eigenvalue weighted by Crippen LogP contribution is -2.43. The maximum Gasteiger partial charge on any atom is 0.222 e. The van der Waals surface area contributed by atoms with Gasteiger partial charge in [0.1, 0.15) is 0 Å². The zero-order chi connectivity index (χ0) is 15.5. The molecule has 4 heteroatoms. The summed E-state index contributed by atoms with van der Waals surface area (Å²) in [5.74, 6) is 1.46. The molecule has 2 unspecified atom stereocenters. The minimum atomic E-state index is 0. The van der Waals surface area contributed by atoms with E-state index < -0.39 is 0 Å². The second-order valence-corrected chi connectivity index (χ2v) is 7.16. The molecule has 1 aliphatic heterocycles. The highest BCUT2D eigenvalue weighted by Gasteiger charge is 2.27. The van der Waals surface area contributed by atoms with Gasteiger partial charge in [-0.25, -0.2) is 0 Å². The number of aryl methyl sites for hydroxylation is 1. The van der Waals surface area contributed by atoms with Gasteiger partial charge in [0.25, 0.3) is 0 Å². The van der Waals surface area contributed by atoms with Gasteiger partial charge < -0.3 is 10.6 Å². The first kappa shape index (κ1) is 18.3. The zero-order valence-electron chi connectivity index (χ0n) is 14.0. The Labute approximate surface area is 146 Å². The van der Waals surface area contributed by atoms with Gasteiger partial charge in [-0.05, 0) is 62.0 Å². The Morgan fingerprint density at radius 1 is 1.22 bits per heavy atom. The van der Waals surface area contributed by atoms with E-state index in [1.807, 2.05) is 0 Å². The van der Waals surface area contributed by atoms with Crippen molar-refractivity contribution in [2.75, 3.05) is 13.1 Å². The normalized spacial score (nSPS) is 22.9. The van der Waals surface area contributed by atoms with Crippen LogP contribution in [0.1, 0.15) is 43.7 Å². The fourth-order valence-corrected chi connectivity index (χ4v) is 4.00. The number of halogens is 1. The molecule has 0 saturated carbocycles. The quantitative estimate of drug-likeness (QED) is 0.921. The van der Waals surface area contributed by atoms with Crippen LogP contribution in [0, 0.1) is 11.8 Å². The average Bonchev–Trinajstić information content (AvgIpc) is 2.55. The number of carbonyl (C=O) groups excluding carboxylic acids is 1. The molecular formula is C19H29ClN2O. The number of nitrogens with two attached hydrogens (primary N) is 1. The zero-order valence-corrected chi connectivity index (χ0v) is 14.9. The number of hydrogen-bond acceptors (Lipinski definition) is 2. The molecule has 1 fully saturated rings. The Morgan fingerprint density at radius 2 is 1.87 bits per heavy atom. The van der Waals surface area contributed by atoms with Crippen molar-refractivity contribution in [3.05, 3.63) is 35.4 Å². The summed E-state index contributed by atoms with van der Waals surface area (Å²) < 4.78 is 0.